The fraction of sp³-hybridized carbons (Fsp3) is 0.235. The fourth-order valence-corrected chi connectivity index (χ4v) is 2.99. The lowest BCUT2D eigenvalue weighted by Crippen LogP contribution is -2.63. The second kappa shape index (κ2) is 5.17. The molecule has 23 heavy (non-hydrogen) atoms. The first-order valence-electron chi connectivity index (χ1n) is 7.31. The Morgan fingerprint density at radius 1 is 1.13 bits per heavy atom. The first kappa shape index (κ1) is 13.9. The van der Waals surface area contributed by atoms with E-state index in [0.29, 0.717) is 11.5 Å². The van der Waals surface area contributed by atoms with Crippen LogP contribution < -0.4 is 24.8 Å². The van der Waals surface area contributed by atoms with Crippen LogP contribution in [0.2, 0.25) is 0 Å². The molecule has 0 spiro atoms. The molecule has 0 unspecified atom stereocenters. The van der Waals surface area contributed by atoms with E-state index in [1.807, 2.05) is 36.4 Å². The number of carbonyl (C=O) groups excluding carboxylic acids is 1. The Bertz CT molecular complexity index is 760. The molecule has 2 aromatic rings. The summed E-state index contributed by atoms with van der Waals surface area (Å²) in [5, 5.41) is 0. The molecule has 2 heterocycles. The van der Waals surface area contributed by atoms with Crippen molar-refractivity contribution in [3.63, 3.8) is 0 Å². The van der Waals surface area contributed by atoms with Gasteiger partial charge in [-0.25, -0.2) is 0 Å². The second-order valence-electron chi connectivity index (χ2n) is 5.49. The average molecular weight is 312 g/mol. The van der Waals surface area contributed by atoms with Crippen molar-refractivity contribution in [3.05, 3.63) is 48.0 Å². The van der Waals surface area contributed by atoms with Crippen molar-refractivity contribution in [2.45, 2.75) is 12.1 Å². The summed E-state index contributed by atoms with van der Waals surface area (Å²) in [7, 11) is 1.62. The van der Waals surface area contributed by atoms with Crippen LogP contribution in [0, 0.1) is 0 Å². The Kier molecular flexibility index (Phi) is 3.12. The minimum absolute atomic E-state index is 0.107. The molecule has 2 N–H and O–H groups in total. The summed E-state index contributed by atoms with van der Waals surface area (Å²) in [6, 6.07) is 12.3. The summed E-state index contributed by atoms with van der Waals surface area (Å²) in [6.45, 7) is 0.203. The van der Waals surface area contributed by atoms with E-state index < -0.39 is 6.04 Å². The van der Waals surface area contributed by atoms with E-state index in [1.54, 1.807) is 18.1 Å². The minimum atomic E-state index is -0.547. The topological polar surface area (TPSA) is 74.0 Å². The Morgan fingerprint density at radius 3 is 2.61 bits per heavy atom. The van der Waals surface area contributed by atoms with E-state index in [0.717, 1.165) is 17.0 Å². The number of methoxy groups -OCH3 is 1. The number of hydrogen-bond donors (Lipinski definition) is 1. The maximum Gasteiger partial charge on any atom is 0.247 e. The van der Waals surface area contributed by atoms with Crippen LogP contribution in [0.25, 0.3) is 0 Å². The third kappa shape index (κ3) is 2.10. The third-order valence-electron chi connectivity index (χ3n) is 4.23. The highest BCUT2D eigenvalue weighted by atomic mass is 16.7. The van der Waals surface area contributed by atoms with Crippen molar-refractivity contribution < 1.29 is 19.0 Å². The number of hydrogen-bond acceptors (Lipinski definition) is 5. The highest BCUT2D eigenvalue weighted by Crippen LogP contribution is 2.42. The average Bonchev–Trinajstić information content (AvgIpc) is 3.06. The number of benzene rings is 2. The molecule has 0 aromatic heterocycles. The molecule has 1 fully saturated rings. The summed E-state index contributed by atoms with van der Waals surface area (Å²) < 4.78 is 15.9. The molecule has 118 valence electrons. The van der Waals surface area contributed by atoms with Crippen molar-refractivity contribution in [1.29, 1.82) is 0 Å². The molecule has 6 heteroatoms. The quantitative estimate of drug-likeness (QED) is 0.875. The number of fused-ring (bicyclic) bond motifs is 1. The van der Waals surface area contributed by atoms with Gasteiger partial charge in [-0.2, -0.15) is 0 Å². The zero-order valence-electron chi connectivity index (χ0n) is 12.6. The Morgan fingerprint density at radius 2 is 1.87 bits per heavy atom. The first-order valence-corrected chi connectivity index (χ1v) is 7.31. The molecule has 4 rings (SSSR count). The predicted octanol–water partition coefficient (Wildman–Crippen LogP) is 1.84. The van der Waals surface area contributed by atoms with Crippen molar-refractivity contribution >= 4 is 11.6 Å². The lowest BCUT2D eigenvalue weighted by atomic mass is 9.88. The number of β-lactam (4-membered cyclic amide) rings is 1. The van der Waals surface area contributed by atoms with Crippen LogP contribution in [0.4, 0.5) is 5.69 Å². The Hall–Kier alpha value is -2.73. The van der Waals surface area contributed by atoms with Crippen LogP contribution >= 0.6 is 0 Å². The zero-order chi connectivity index (χ0) is 16.0. The fourth-order valence-electron chi connectivity index (χ4n) is 2.99. The van der Waals surface area contributed by atoms with Gasteiger partial charge in [0.25, 0.3) is 0 Å². The van der Waals surface area contributed by atoms with Gasteiger partial charge in [-0.15, -0.1) is 0 Å². The summed E-state index contributed by atoms with van der Waals surface area (Å²) in [6.07, 6.45) is 0. The van der Waals surface area contributed by atoms with Crippen LogP contribution in [0.3, 0.4) is 0 Å². The number of nitrogens with two attached hydrogens (primary N) is 1. The first-order chi connectivity index (χ1) is 11.2. The molecule has 0 aliphatic carbocycles. The summed E-state index contributed by atoms with van der Waals surface area (Å²) in [5.41, 5.74) is 7.75. The number of nitrogens with zero attached hydrogens (tertiary/aromatic N) is 1. The molecule has 2 aliphatic rings. The largest absolute Gasteiger partial charge is 0.497 e. The molecule has 1 amide bonds. The van der Waals surface area contributed by atoms with Crippen molar-refractivity contribution in [1.82, 2.24) is 0 Å². The van der Waals surface area contributed by atoms with Gasteiger partial charge in [0.05, 0.1) is 13.2 Å². The standard InChI is InChI=1S/C17H16N2O4/c1-21-12-5-2-10(3-6-12)16-15(18)17(20)19(16)11-4-7-13-14(8-11)23-9-22-13/h2-8,15-16H,9,18H2,1H3/t15-,16+/m0/s1. The summed E-state index contributed by atoms with van der Waals surface area (Å²) in [4.78, 5) is 14.0. The number of rotatable bonds is 3. The molecular weight excluding hydrogens is 296 g/mol. The van der Waals surface area contributed by atoms with E-state index >= 15 is 0 Å². The van der Waals surface area contributed by atoms with Crippen molar-refractivity contribution in [2.75, 3.05) is 18.8 Å². The summed E-state index contributed by atoms with van der Waals surface area (Å²) >= 11 is 0. The third-order valence-corrected chi connectivity index (χ3v) is 4.23. The number of ether oxygens (including phenoxy) is 3. The van der Waals surface area contributed by atoms with E-state index in [4.69, 9.17) is 19.9 Å². The Balaban J connectivity index is 1.67. The number of anilines is 1. The van der Waals surface area contributed by atoms with Crippen molar-refractivity contribution in [2.24, 2.45) is 5.73 Å². The van der Waals surface area contributed by atoms with Crippen LogP contribution in [-0.2, 0) is 4.79 Å². The SMILES string of the molecule is COc1ccc([C@@H]2[C@H](N)C(=O)N2c2ccc3c(c2)OCO3)cc1. The van der Waals surface area contributed by atoms with Gasteiger partial charge in [0.15, 0.2) is 11.5 Å². The molecule has 0 saturated carbocycles. The van der Waals surface area contributed by atoms with Crippen LogP contribution in [0.15, 0.2) is 42.5 Å². The smallest absolute Gasteiger partial charge is 0.247 e. The maximum atomic E-state index is 12.3. The van der Waals surface area contributed by atoms with Gasteiger partial charge in [-0.05, 0) is 29.8 Å². The molecule has 0 bridgehead atoms. The van der Waals surface area contributed by atoms with Crippen LogP contribution in [0.5, 0.6) is 17.2 Å². The van der Waals surface area contributed by atoms with E-state index in [1.165, 1.54) is 0 Å². The maximum absolute atomic E-state index is 12.3. The number of amides is 1. The van der Waals surface area contributed by atoms with E-state index in [-0.39, 0.29) is 18.7 Å². The summed E-state index contributed by atoms with van der Waals surface area (Å²) in [5.74, 6) is 1.99. The van der Waals surface area contributed by atoms with Crippen LogP contribution in [-0.4, -0.2) is 25.9 Å². The lowest BCUT2D eigenvalue weighted by Gasteiger charge is -2.45. The van der Waals surface area contributed by atoms with E-state index in [9.17, 15) is 4.79 Å². The van der Waals surface area contributed by atoms with Crippen LogP contribution in [0.1, 0.15) is 11.6 Å². The van der Waals surface area contributed by atoms with Gasteiger partial charge in [0, 0.05) is 11.8 Å². The normalized spacial score (nSPS) is 22.0. The second-order valence-corrected chi connectivity index (χ2v) is 5.49. The molecule has 1 saturated heterocycles. The van der Waals surface area contributed by atoms with Gasteiger partial charge >= 0.3 is 0 Å². The molecule has 0 radical (unpaired) electrons. The highest BCUT2D eigenvalue weighted by Gasteiger charge is 2.46. The molecule has 2 aliphatic heterocycles. The molecule has 2 atom stereocenters. The van der Waals surface area contributed by atoms with E-state index in [2.05, 4.69) is 0 Å². The number of carbonyl (C=O) groups is 1. The van der Waals surface area contributed by atoms with Gasteiger partial charge in [-0.3, -0.25) is 4.79 Å². The van der Waals surface area contributed by atoms with Gasteiger partial charge < -0.3 is 24.8 Å². The van der Waals surface area contributed by atoms with Gasteiger partial charge in [-0.1, -0.05) is 12.1 Å². The lowest BCUT2D eigenvalue weighted by molar-refractivity contribution is -0.126. The molecular formula is C17H16N2O4. The molecule has 6 nitrogen and oxygen atoms in total. The van der Waals surface area contributed by atoms with Gasteiger partial charge in [0.1, 0.15) is 11.8 Å². The predicted molar refractivity (Wildman–Crippen MR) is 83.8 cm³/mol. The zero-order valence-corrected chi connectivity index (χ0v) is 12.6. The van der Waals surface area contributed by atoms with Gasteiger partial charge in [0.2, 0.25) is 12.7 Å². The minimum Gasteiger partial charge on any atom is -0.497 e. The Labute approximate surface area is 133 Å². The van der Waals surface area contributed by atoms with Crippen molar-refractivity contribution in [3.8, 4) is 17.2 Å². The highest BCUT2D eigenvalue weighted by molar-refractivity contribution is 6.05. The molecule has 2 aromatic carbocycles. The monoisotopic (exact) mass is 312 g/mol.